The smallest absolute Gasteiger partial charge is 0.0726 e. The molecule has 3 heteroatoms. The fraction of sp³-hybridized carbons (Fsp3) is 0.500. The zero-order valence-electron chi connectivity index (χ0n) is 13.1. The van der Waals surface area contributed by atoms with Crippen LogP contribution in [0.3, 0.4) is 0 Å². The van der Waals surface area contributed by atoms with Gasteiger partial charge in [-0.3, -0.25) is 4.98 Å². The first-order valence-corrected chi connectivity index (χ1v) is 8.06. The van der Waals surface area contributed by atoms with Crippen molar-refractivity contribution in [3.8, 4) is 0 Å². The van der Waals surface area contributed by atoms with Crippen molar-refractivity contribution in [1.82, 2.24) is 10.3 Å². The van der Waals surface area contributed by atoms with E-state index in [9.17, 15) is 0 Å². The summed E-state index contributed by atoms with van der Waals surface area (Å²) in [5.41, 5.74) is 3.60. The molecule has 0 amide bonds. The summed E-state index contributed by atoms with van der Waals surface area (Å²) in [6.45, 7) is 5.52. The van der Waals surface area contributed by atoms with Gasteiger partial charge in [0.25, 0.3) is 0 Å². The standard InChI is InChI=1S/C18H25N3/c1-14-6-5-10-21(11-9-14)18-12-15(13-19-2)20-17-8-4-3-7-16(17)18/h3-4,7-8,12,14,19H,5-6,9-11,13H2,1-2H3. The van der Waals surface area contributed by atoms with Crippen LogP contribution in [-0.2, 0) is 6.54 Å². The highest BCUT2D eigenvalue weighted by molar-refractivity contribution is 5.92. The van der Waals surface area contributed by atoms with Gasteiger partial charge in [-0.1, -0.05) is 25.1 Å². The molecule has 1 atom stereocenters. The first-order valence-electron chi connectivity index (χ1n) is 8.06. The Balaban J connectivity index is 2.02. The van der Waals surface area contributed by atoms with Crippen LogP contribution in [0.25, 0.3) is 10.9 Å². The largest absolute Gasteiger partial charge is 0.371 e. The van der Waals surface area contributed by atoms with Crippen LogP contribution in [0.15, 0.2) is 30.3 Å². The monoisotopic (exact) mass is 283 g/mol. The fourth-order valence-corrected chi connectivity index (χ4v) is 3.25. The van der Waals surface area contributed by atoms with Crippen LogP contribution in [0, 0.1) is 5.92 Å². The van der Waals surface area contributed by atoms with E-state index in [1.165, 1.54) is 30.3 Å². The maximum atomic E-state index is 4.77. The van der Waals surface area contributed by atoms with E-state index in [-0.39, 0.29) is 0 Å². The van der Waals surface area contributed by atoms with Crippen LogP contribution in [0.4, 0.5) is 5.69 Å². The SMILES string of the molecule is CNCc1cc(N2CCCC(C)CC2)c2ccccc2n1. The summed E-state index contributed by atoms with van der Waals surface area (Å²) in [5, 5.41) is 4.50. The molecule has 1 saturated heterocycles. The van der Waals surface area contributed by atoms with Crippen molar-refractivity contribution >= 4 is 16.6 Å². The van der Waals surface area contributed by atoms with Gasteiger partial charge in [0.1, 0.15) is 0 Å². The summed E-state index contributed by atoms with van der Waals surface area (Å²) in [6.07, 6.45) is 3.93. The third-order valence-electron chi connectivity index (χ3n) is 4.46. The molecule has 21 heavy (non-hydrogen) atoms. The quantitative estimate of drug-likeness (QED) is 0.933. The average molecular weight is 283 g/mol. The number of aromatic nitrogens is 1. The van der Waals surface area contributed by atoms with E-state index in [1.807, 2.05) is 7.05 Å². The maximum absolute atomic E-state index is 4.77. The highest BCUT2D eigenvalue weighted by Gasteiger charge is 2.17. The third kappa shape index (κ3) is 3.18. The molecule has 0 spiro atoms. The molecule has 0 saturated carbocycles. The van der Waals surface area contributed by atoms with E-state index in [1.54, 1.807) is 0 Å². The molecule has 112 valence electrons. The maximum Gasteiger partial charge on any atom is 0.0726 e. The van der Waals surface area contributed by atoms with E-state index in [0.29, 0.717) is 0 Å². The number of hydrogen-bond donors (Lipinski definition) is 1. The second kappa shape index (κ2) is 6.44. The normalized spacial score (nSPS) is 19.7. The van der Waals surface area contributed by atoms with E-state index in [2.05, 4.69) is 47.5 Å². The van der Waals surface area contributed by atoms with Crippen LogP contribution in [0.5, 0.6) is 0 Å². The van der Waals surface area contributed by atoms with Crippen molar-refractivity contribution < 1.29 is 0 Å². The van der Waals surface area contributed by atoms with Gasteiger partial charge in [-0.05, 0) is 44.4 Å². The summed E-state index contributed by atoms with van der Waals surface area (Å²) in [5.74, 6) is 0.847. The summed E-state index contributed by atoms with van der Waals surface area (Å²) in [7, 11) is 1.98. The molecule has 0 aliphatic carbocycles. The zero-order valence-corrected chi connectivity index (χ0v) is 13.1. The highest BCUT2D eigenvalue weighted by atomic mass is 15.1. The molecule has 3 rings (SSSR count). The lowest BCUT2D eigenvalue weighted by Gasteiger charge is -2.25. The van der Waals surface area contributed by atoms with E-state index in [4.69, 9.17) is 4.98 Å². The molecule has 1 aliphatic rings. The van der Waals surface area contributed by atoms with Gasteiger partial charge in [0.05, 0.1) is 11.2 Å². The lowest BCUT2D eigenvalue weighted by Crippen LogP contribution is -2.25. The Hall–Kier alpha value is -1.61. The molecule has 3 nitrogen and oxygen atoms in total. The van der Waals surface area contributed by atoms with E-state index >= 15 is 0 Å². The number of pyridine rings is 1. The van der Waals surface area contributed by atoms with Crippen LogP contribution in [0.2, 0.25) is 0 Å². The van der Waals surface area contributed by atoms with Crippen molar-refractivity contribution in [2.45, 2.75) is 32.7 Å². The molecule has 1 fully saturated rings. The van der Waals surface area contributed by atoms with Crippen LogP contribution in [-0.4, -0.2) is 25.1 Å². The van der Waals surface area contributed by atoms with Gasteiger partial charge in [0.15, 0.2) is 0 Å². The number of nitrogens with zero attached hydrogens (tertiary/aromatic N) is 2. The first kappa shape index (κ1) is 14.3. The summed E-state index contributed by atoms with van der Waals surface area (Å²) in [4.78, 5) is 7.33. The first-order chi connectivity index (χ1) is 10.3. The van der Waals surface area contributed by atoms with Gasteiger partial charge in [-0.25, -0.2) is 0 Å². The number of nitrogens with one attached hydrogen (secondary N) is 1. The van der Waals surface area contributed by atoms with Crippen LogP contribution >= 0.6 is 0 Å². The Labute approximate surface area is 127 Å². The second-order valence-electron chi connectivity index (χ2n) is 6.20. The van der Waals surface area contributed by atoms with Gasteiger partial charge in [0, 0.05) is 30.7 Å². The molecular weight excluding hydrogens is 258 g/mol. The molecular formula is C18H25N3. The van der Waals surface area contributed by atoms with Crippen molar-refractivity contribution in [1.29, 1.82) is 0 Å². The number of hydrogen-bond acceptors (Lipinski definition) is 3. The number of benzene rings is 1. The topological polar surface area (TPSA) is 28.2 Å². The Kier molecular flexibility index (Phi) is 4.39. The molecule has 0 radical (unpaired) electrons. The van der Waals surface area contributed by atoms with Gasteiger partial charge in [-0.15, -0.1) is 0 Å². The lowest BCUT2D eigenvalue weighted by molar-refractivity contribution is 0.521. The van der Waals surface area contributed by atoms with Gasteiger partial charge >= 0.3 is 0 Å². The van der Waals surface area contributed by atoms with Gasteiger partial charge < -0.3 is 10.2 Å². The molecule has 2 heterocycles. The molecule has 0 bridgehead atoms. The molecule has 1 unspecified atom stereocenters. The summed E-state index contributed by atoms with van der Waals surface area (Å²) >= 11 is 0. The lowest BCUT2D eigenvalue weighted by atomic mass is 10.0. The number of para-hydroxylation sites is 1. The fourth-order valence-electron chi connectivity index (χ4n) is 3.25. The summed E-state index contributed by atoms with van der Waals surface area (Å²) in [6, 6.07) is 10.8. The Morgan fingerprint density at radius 1 is 1.24 bits per heavy atom. The van der Waals surface area contributed by atoms with Crippen molar-refractivity contribution in [3.63, 3.8) is 0 Å². The van der Waals surface area contributed by atoms with E-state index in [0.717, 1.165) is 36.8 Å². The predicted molar refractivity (Wildman–Crippen MR) is 89.7 cm³/mol. The van der Waals surface area contributed by atoms with Crippen LogP contribution in [0.1, 0.15) is 31.9 Å². The third-order valence-corrected chi connectivity index (χ3v) is 4.46. The summed E-state index contributed by atoms with van der Waals surface area (Å²) < 4.78 is 0. The second-order valence-corrected chi connectivity index (χ2v) is 6.20. The number of anilines is 1. The number of rotatable bonds is 3. The van der Waals surface area contributed by atoms with E-state index < -0.39 is 0 Å². The minimum atomic E-state index is 0.822. The highest BCUT2D eigenvalue weighted by Crippen LogP contribution is 2.29. The Morgan fingerprint density at radius 3 is 2.95 bits per heavy atom. The van der Waals surface area contributed by atoms with Gasteiger partial charge in [0.2, 0.25) is 0 Å². The zero-order chi connectivity index (χ0) is 14.7. The van der Waals surface area contributed by atoms with Crippen LogP contribution < -0.4 is 10.2 Å². The van der Waals surface area contributed by atoms with Crippen molar-refractivity contribution in [3.05, 3.63) is 36.0 Å². The molecule has 1 aromatic carbocycles. The van der Waals surface area contributed by atoms with Crippen molar-refractivity contribution in [2.75, 3.05) is 25.0 Å². The Bertz CT molecular complexity index is 608. The Morgan fingerprint density at radius 2 is 2.10 bits per heavy atom. The molecule has 2 aromatic rings. The number of fused-ring (bicyclic) bond motifs is 1. The molecule has 1 N–H and O–H groups in total. The van der Waals surface area contributed by atoms with Gasteiger partial charge in [-0.2, -0.15) is 0 Å². The average Bonchev–Trinajstić information content (AvgIpc) is 2.71. The minimum absolute atomic E-state index is 0.822. The minimum Gasteiger partial charge on any atom is -0.371 e. The van der Waals surface area contributed by atoms with Crippen molar-refractivity contribution in [2.24, 2.45) is 5.92 Å². The predicted octanol–water partition coefficient (Wildman–Crippen LogP) is 3.58. The molecule has 1 aliphatic heterocycles. The molecule has 1 aromatic heterocycles.